The zero-order valence-corrected chi connectivity index (χ0v) is 12.3. The summed E-state index contributed by atoms with van der Waals surface area (Å²) in [6.07, 6.45) is 1.56. The summed E-state index contributed by atoms with van der Waals surface area (Å²) in [5.74, 6) is 0.281. The molecule has 2 rings (SSSR count). The number of nitro groups is 1. The van der Waals surface area contributed by atoms with Gasteiger partial charge in [-0.3, -0.25) is 10.1 Å². The first-order chi connectivity index (χ1) is 10.0. The fraction of sp³-hybridized carbons (Fsp3) is 0.214. The van der Waals surface area contributed by atoms with Crippen LogP contribution in [-0.4, -0.2) is 17.0 Å². The van der Waals surface area contributed by atoms with Gasteiger partial charge >= 0.3 is 5.69 Å². The van der Waals surface area contributed by atoms with Gasteiger partial charge in [0.1, 0.15) is 0 Å². The van der Waals surface area contributed by atoms with Crippen LogP contribution in [0.15, 0.2) is 36.5 Å². The molecule has 110 valence electrons. The van der Waals surface area contributed by atoms with Crippen LogP contribution in [-0.2, 0) is 0 Å². The molecule has 1 unspecified atom stereocenters. The number of rotatable bonds is 5. The van der Waals surface area contributed by atoms with E-state index >= 15 is 0 Å². The molecule has 0 radical (unpaired) electrons. The molecule has 2 aromatic rings. The number of para-hydroxylation sites is 1. The summed E-state index contributed by atoms with van der Waals surface area (Å²) in [4.78, 5) is 14.7. The second-order valence-corrected chi connectivity index (χ2v) is 4.76. The number of nitro benzene ring substituents is 1. The molecule has 6 nitrogen and oxygen atoms in total. The van der Waals surface area contributed by atoms with Gasteiger partial charge in [0.05, 0.1) is 9.95 Å². The van der Waals surface area contributed by atoms with Crippen molar-refractivity contribution in [1.29, 1.82) is 0 Å². The van der Waals surface area contributed by atoms with Crippen molar-refractivity contribution in [2.45, 2.75) is 13.0 Å². The summed E-state index contributed by atoms with van der Waals surface area (Å²) in [6, 6.07) is 7.97. The molecule has 0 spiro atoms. The summed E-state index contributed by atoms with van der Waals surface area (Å²) in [7, 11) is 1.80. The van der Waals surface area contributed by atoms with Crippen LogP contribution in [0.1, 0.15) is 18.5 Å². The monoisotopic (exact) mass is 307 g/mol. The van der Waals surface area contributed by atoms with Crippen molar-refractivity contribution in [3.8, 4) is 11.6 Å². The van der Waals surface area contributed by atoms with E-state index in [9.17, 15) is 10.1 Å². The van der Waals surface area contributed by atoms with Crippen LogP contribution in [0.4, 0.5) is 5.69 Å². The number of pyridine rings is 1. The maximum atomic E-state index is 11.1. The van der Waals surface area contributed by atoms with E-state index in [2.05, 4.69) is 10.3 Å². The van der Waals surface area contributed by atoms with Crippen molar-refractivity contribution in [3.05, 3.63) is 57.2 Å². The maximum Gasteiger partial charge on any atom is 0.313 e. The molecule has 1 heterocycles. The van der Waals surface area contributed by atoms with E-state index in [1.54, 1.807) is 19.3 Å². The molecule has 21 heavy (non-hydrogen) atoms. The van der Waals surface area contributed by atoms with Crippen molar-refractivity contribution in [2.24, 2.45) is 0 Å². The number of nitrogens with one attached hydrogen (secondary N) is 1. The van der Waals surface area contributed by atoms with Gasteiger partial charge < -0.3 is 10.1 Å². The first kappa shape index (κ1) is 15.2. The molecule has 0 saturated heterocycles. The van der Waals surface area contributed by atoms with E-state index in [1.165, 1.54) is 18.2 Å². The molecular formula is C14H14ClN3O3. The number of benzene rings is 1. The summed E-state index contributed by atoms with van der Waals surface area (Å²) < 4.78 is 5.63. The van der Waals surface area contributed by atoms with Crippen LogP contribution >= 0.6 is 11.6 Å². The number of ether oxygens (including phenoxy) is 1. The smallest absolute Gasteiger partial charge is 0.313 e. The van der Waals surface area contributed by atoms with E-state index < -0.39 is 4.92 Å². The van der Waals surface area contributed by atoms with Gasteiger partial charge in [-0.15, -0.1) is 0 Å². The van der Waals surface area contributed by atoms with Crippen molar-refractivity contribution in [2.75, 3.05) is 7.05 Å². The molecule has 1 aromatic heterocycles. The lowest BCUT2D eigenvalue weighted by atomic mass is 10.1. The molecule has 1 aromatic carbocycles. The summed E-state index contributed by atoms with van der Waals surface area (Å²) >= 11 is 6.02. The third kappa shape index (κ3) is 3.29. The van der Waals surface area contributed by atoms with Gasteiger partial charge in [-0.05, 0) is 26.1 Å². The SMILES string of the molecule is CNC(C)c1cccnc1Oc1c(Cl)cccc1[N+](=O)[O-]. The molecule has 0 aliphatic carbocycles. The van der Waals surface area contributed by atoms with Crippen LogP contribution in [0.25, 0.3) is 0 Å². The quantitative estimate of drug-likeness (QED) is 0.673. The second-order valence-electron chi connectivity index (χ2n) is 4.36. The molecule has 7 heteroatoms. The first-order valence-electron chi connectivity index (χ1n) is 6.27. The van der Waals surface area contributed by atoms with Crippen LogP contribution < -0.4 is 10.1 Å². The van der Waals surface area contributed by atoms with Crippen LogP contribution in [0.5, 0.6) is 11.6 Å². The Bertz CT molecular complexity index is 664. The van der Waals surface area contributed by atoms with Gasteiger partial charge in [0, 0.05) is 23.9 Å². The largest absolute Gasteiger partial charge is 0.430 e. The summed E-state index contributed by atoms with van der Waals surface area (Å²) in [6.45, 7) is 1.94. The zero-order chi connectivity index (χ0) is 15.4. The normalized spacial score (nSPS) is 12.0. The highest BCUT2D eigenvalue weighted by molar-refractivity contribution is 6.32. The molecule has 1 atom stereocenters. The lowest BCUT2D eigenvalue weighted by Crippen LogP contribution is -2.13. The van der Waals surface area contributed by atoms with Crippen LogP contribution in [0.3, 0.4) is 0 Å². The van der Waals surface area contributed by atoms with E-state index in [1.807, 2.05) is 13.0 Å². The highest BCUT2D eigenvalue weighted by Gasteiger charge is 2.21. The number of hydrogen-bond donors (Lipinski definition) is 1. The highest BCUT2D eigenvalue weighted by Crippen LogP contribution is 2.38. The molecule has 0 saturated carbocycles. The van der Waals surface area contributed by atoms with Gasteiger partial charge in [-0.2, -0.15) is 0 Å². The molecule has 0 bridgehead atoms. The Hall–Kier alpha value is -2.18. The second kappa shape index (κ2) is 6.51. The standard InChI is InChI=1S/C14H14ClN3O3/c1-9(16-2)10-5-4-8-17-14(10)21-13-11(15)6-3-7-12(13)18(19)20/h3-9,16H,1-2H3. The van der Waals surface area contributed by atoms with Gasteiger partial charge in [-0.25, -0.2) is 4.98 Å². The highest BCUT2D eigenvalue weighted by atomic mass is 35.5. The molecule has 0 aliphatic heterocycles. The summed E-state index contributed by atoms with van der Waals surface area (Å²) in [5.41, 5.74) is 0.588. The molecule has 0 fully saturated rings. The zero-order valence-electron chi connectivity index (χ0n) is 11.5. The maximum absolute atomic E-state index is 11.1. The topological polar surface area (TPSA) is 77.3 Å². The predicted molar refractivity (Wildman–Crippen MR) is 79.9 cm³/mol. The van der Waals surface area contributed by atoms with E-state index in [0.29, 0.717) is 0 Å². The number of aromatic nitrogens is 1. The predicted octanol–water partition coefficient (Wildman–Crippen LogP) is 3.72. The minimum absolute atomic E-state index is 0.00702. The van der Waals surface area contributed by atoms with Gasteiger partial charge in [0.15, 0.2) is 0 Å². The Morgan fingerprint density at radius 3 is 2.81 bits per heavy atom. The minimum atomic E-state index is -0.536. The van der Waals surface area contributed by atoms with E-state index in [-0.39, 0.29) is 28.4 Å². The average Bonchev–Trinajstić information content (AvgIpc) is 2.48. The Morgan fingerprint density at radius 2 is 2.14 bits per heavy atom. The third-order valence-electron chi connectivity index (χ3n) is 3.04. The van der Waals surface area contributed by atoms with Crippen LogP contribution in [0, 0.1) is 10.1 Å². The summed E-state index contributed by atoms with van der Waals surface area (Å²) in [5, 5.41) is 14.3. The molecule has 1 N–H and O–H groups in total. The Balaban J connectivity index is 2.46. The Morgan fingerprint density at radius 1 is 1.38 bits per heavy atom. The number of hydrogen-bond acceptors (Lipinski definition) is 5. The van der Waals surface area contributed by atoms with Gasteiger partial charge in [0.25, 0.3) is 0 Å². The van der Waals surface area contributed by atoms with E-state index in [4.69, 9.17) is 16.3 Å². The minimum Gasteiger partial charge on any atom is -0.430 e. The Labute approximate surface area is 126 Å². The Kier molecular flexibility index (Phi) is 4.72. The fourth-order valence-electron chi connectivity index (χ4n) is 1.81. The van der Waals surface area contributed by atoms with Gasteiger partial charge in [0.2, 0.25) is 11.6 Å². The number of nitrogens with zero attached hydrogens (tertiary/aromatic N) is 2. The fourth-order valence-corrected chi connectivity index (χ4v) is 2.02. The lowest BCUT2D eigenvalue weighted by molar-refractivity contribution is -0.385. The lowest BCUT2D eigenvalue weighted by Gasteiger charge is -2.15. The van der Waals surface area contributed by atoms with E-state index in [0.717, 1.165) is 5.56 Å². The average molecular weight is 308 g/mol. The van der Waals surface area contributed by atoms with Crippen LogP contribution in [0.2, 0.25) is 5.02 Å². The third-order valence-corrected chi connectivity index (χ3v) is 3.34. The van der Waals surface area contributed by atoms with Crippen molar-refractivity contribution < 1.29 is 9.66 Å². The van der Waals surface area contributed by atoms with Gasteiger partial charge in [-0.1, -0.05) is 23.7 Å². The first-order valence-corrected chi connectivity index (χ1v) is 6.65. The van der Waals surface area contributed by atoms with Crippen molar-refractivity contribution >= 4 is 17.3 Å². The van der Waals surface area contributed by atoms with Crippen molar-refractivity contribution in [1.82, 2.24) is 10.3 Å². The number of halogens is 1. The van der Waals surface area contributed by atoms with Crippen molar-refractivity contribution in [3.63, 3.8) is 0 Å². The molecular weight excluding hydrogens is 294 g/mol. The molecule has 0 aliphatic rings. The molecule has 0 amide bonds.